The lowest BCUT2D eigenvalue weighted by atomic mass is 10.1. The third-order valence-electron chi connectivity index (χ3n) is 2.69. The molecule has 5 heteroatoms. The Morgan fingerprint density at radius 1 is 1.59 bits per heavy atom. The first-order valence-electron chi connectivity index (χ1n) is 5.67. The van der Waals surface area contributed by atoms with E-state index in [0.29, 0.717) is 5.02 Å². The molecule has 0 amide bonds. The molecule has 1 atom stereocenters. The van der Waals surface area contributed by atoms with Crippen molar-refractivity contribution in [1.29, 1.82) is 0 Å². The summed E-state index contributed by atoms with van der Waals surface area (Å²) >= 11 is 6.18. The van der Waals surface area contributed by atoms with E-state index in [0.717, 1.165) is 24.2 Å². The van der Waals surface area contributed by atoms with Crippen molar-refractivity contribution < 1.29 is 4.42 Å². The van der Waals surface area contributed by atoms with Gasteiger partial charge in [0, 0.05) is 12.6 Å². The highest BCUT2D eigenvalue weighted by atomic mass is 35.5. The van der Waals surface area contributed by atoms with Crippen LogP contribution in [0.15, 0.2) is 29.2 Å². The van der Waals surface area contributed by atoms with E-state index in [1.807, 2.05) is 13.1 Å². The van der Waals surface area contributed by atoms with Crippen LogP contribution in [-0.2, 0) is 7.05 Å². The minimum Gasteiger partial charge on any atom is -0.472 e. The number of nitrogens with zero attached hydrogens (tertiary/aromatic N) is 2. The molecule has 0 fully saturated rings. The second kappa shape index (κ2) is 5.38. The lowest BCUT2D eigenvalue weighted by molar-refractivity contribution is 0.531. The molecule has 2 rings (SSSR count). The Kier molecular flexibility index (Phi) is 3.86. The first-order chi connectivity index (χ1) is 8.24. The summed E-state index contributed by atoms with van der Waals surface area (Å²) in [6, 6.07) is 1.96. The predicted molar refractivity (Wildman–Crippen MR) is 67.1 cm³/mol. The number of aromatic nitrogens is 2. The third-order valence-corrected chi connectivity index (χ3v) is 2.98. The second-order valence-corrected chi connectivity index (χ2v) is 4.35. The number of nitrogens with one attached hydrogen (secondary N) is 1. The monoisotopic (exact) mass is 253 g/mol. The molecule has 1 N–H and O–H groups in total. The Morgan fingerprint density at radius 3 is 2.94 bits per heavy atom. The molecule has 0 saturated heterocycles. The van der Waals surface area contributed by atoms with Crippen LogP contribution in [0.25, 0.3) is 0 Å². The summed E-state index contributed by atoms with van der Waals surface area (Å²) in [5, 5.41) is 8.29. The molecule has 0 saturated carbocycles. The van der Waals surface area contributed by atoms with Crippen LogP contribution in [0.2, 0.25) is 5.02 Å². The minimum atomic E-state index is 0.0219. The van der Waals surface area contributed by atoms with Crippen molar-refractivity contribution >= 4 is 11.6 Å². The van der Waals surface area contributed by atoms with Crippen LogP contribution in [-0.4, -0.2) is 16.3 Å². The van der Waals surface area contributed by atoms with Gasteiger partial charge in [0.15, 0.2) is 0 Å². The van der Waals surface area contributed by atoms with Gasteiger partial charge >= 0.3 is 0 Å². The second-order valence-electron chi connectivity index (χ2n) is 3.95. The van der Waals surface area contributed by atoms with Gasteiger partial charge < -0.3 is 9.73 Å². The van der Waals surface area contributed by atoms with Crippen LogP contribution in [0.1, 0.15) is 30.6 Å². The molecule has 0 aromatic carbocycles. The van der Waals surface area contributed by atoms with E-state index in [-0.39, 0.29) is 6.04 Å². The van der Waals surface area contributed by atoms with Crippen molar-refractivity contribution in [3.05, 3.63) is 41.1 Å². The average molecular weight is 254 g/mol. The SMILES string of the molecule is CCCNC(c1ccoc1)c1c(Cl)cnn1C. The van der Waals surface area contributed by atoms with Crippen molar-refractivity contribution in [2.24, 2.45) is 7.05 Å². The Labute approximate surface area is 106 Å². The van der Waals surface area contributed by atoms with Crippen molar-refractivity contribution in [2.45, 2.75) is 19.4 Å². The van der Waals surface area contributed by atoms with Crippen molar-refractivity contribution in [1.82, 2.24) is 15.1 Å². The van der Waals surface area contributed by atoms with Crippen LogP contribution < -0.4 is 5.32 Å². The van der Waals surface area contributed by atoms with Crippen LogP contribution in [0, 0.1) is 0 Å². The van der Waals surface area contributed by atoms with E-state index >= 15 is 0 Å². The van der Waals surface area contributed by atoms with Gasteiger partial charge in [-0.2, -0.15) is 5.10 Å². The standard InChI is InChI=1S/C12H16ClN3O/c1-3-5-14-11(9-4-6-17-8-9)12-10(13)7-15-16(12)2/h4,6-8,11,14H,3,5H2,1-2H3. The summed E-state index contributed by atoms with van der Waals surface area (Å²) in [5.41, 5.74) is 2.02. The summed E-state index contributed by atoms with van der Waals surface area (Å²) in [4.78, 5) is 0. The largest absolute Gasteiger partial charge is 0.472 e. The zero-order valence-corrected chi connectivity index (χ0v) is 10.7. The molecule has 0 aliphatic carbocycles. The molecule has 4 nitrogen and oxygen atoms in total. The Morgan fingerprint density at radius 2 is 2.41 bits per heavy atom. The first kappa shape index (κ1) is 12.2. The van der Waals surface area contributed by atoms with Gasteiger partial charge in [0.05, 0.1) is 35.5 Å². The summed E-state index contributed by atoms with van der Waals surface area (Å²) in [6.07, 6.45) is 6.12. The summed E-state index contributed by atoms with van der Waals surface area (Å²) in [7, 11) is 1.89. The molecule has 0 aliphatic rings. The predicted octanol–water partition coefficient (Wildman–Crippen LogP) is 2.76. The zero-order valence-electron chi connectivity index (χ0n) is 9.98. The molecule has 0 aliphatic heterocycles. The Balaban J connectivity index is 2.33. The number of aryl methyl sites for hydroxylation is 1. The maximum Gasteiger partial charge on any atom is 0.0954 e. The lowest BCUT2D eigenvalue weighted by Gasteiger charge is -2.18. The van der Waals surface area contributed by atoms with Crippen molar-refractivity contribution in [3.63, 3.8) is 0 Å². The number of hydrogen-bond donors (Lipinski definition) is 1. The van der Waals surface area contributed by atoms with Crippen LogP contribution in [0.5, 0.6) is 0 Å². The van der Waals surface area contributed by atoms with Gasteiger partial charge in [0.25, 0.3) is 0 Å². The van der Waals surface area contributed by atoms with Gasteiger partial charge in [0.2, 0.25) is 0 Å². The molecule has 2 aromatic rings. The number of furan rings is 1. The molecule has 0 bridgehead atoms. The van der Waals surface area contributed by atoms with Gasteiger partial charge in [-0.3, -0.25) is 4.68 Å². The number of halogens is 1. The molecule has 92 valence electrons. The smallest absolute Gasteiger partial charge is 0.0954 e. The maximum absolute atomic E-state index is 6.18. The van der Waals surface area contributed by atoms with E-state index in [2.05, 4.69) is 17.3 Å². The van der Waals surface area contributed by atoms with Gasteiger partial charge in [-0.05, 0) is 19.0 Å². The molecule has 17 heavy (non-hydrogen) atoms. The quantitative estimate of drug-likeness (QED) is 0.891. The molecular formula is C12H16ClN3O. The van der Waals surface area contributed by atoms with Crippen molar-refractivity contribution in [3.8, 4) is 0 Å². The van der Waals surface area contributed by atoms with Gasteiger partial charge in [-0.1, -0.05) is 18.5 Å². The molecule has 2 aromatic heterocycles. The molecule has 0 spiro atoms. The highest BCUT2D eigenvalue weighted by Gasteiger charge is 2.21. The molecule has 0 radical (unpaired) electrons. The normalized spacial score (nSPS) is 12.9. The minimum absolute atomic E-state index is 0.0219. The highest BCUT2D eigenvalue weighted by Crippen LogP contribution is 2.27. The highest BCUT2D eigenvalue weighted by molar-refractivity contribution is 6.31. The zero-order chi connectivity index (χ0) is 12.3. The van der Waals surface area contributed by atoms with Gasteiger partial charge in [-0.15, -0.1) is 0 Å². The van der Waals surface area contributed by atoms with Gasteiger partial charge in [-0.25, -0.2) is 0 Å². The van der Waals surface area contributed by atoms with E-state index < -0.39 is 0 Å². The van der Waals surface area contributed by atoms with Crippen LogP contribution >= 0.6 is 11.6 Å². The first-order valence-corrected chi connectivity index (χ1v) is 6.04. The summed E-state index contributed by atoms with van der Waals surface area (Å²) in [6.45, 7) is 3.04. The third kappa shape index (κ3) is 2.53. The Bertz CT molecular complexity index is 445. The van der Waals surface area contributed by atoms with Crippen LogP contribution in [0.4, 0.5) is 0 Å². The lowest BCUT2D eigenvalue weighted by Crippen LogP contribution is -2.25. The molecule has 2 heterocycles. The van der Waals surface area contributed by atoms with Crippen LogP contribution in [0.3, 0.4) is 0 Å². The topological polar surface area (TPSA) is 43.0 Å². The summed E-state index contributed by atoms with van der Waals surface area (Å²) in [5.74, 6) is 0. The van der Waals surface area contributed by atoms with E-state index in [1.54, 1.807) is 23.4 Å². The van der Waals surface area contributed by atoms with Gasteiger partial charge in [0.1, 0.15) is 0 Å². The Hall–Kier alpha value is -1.26. The maximum atomic E-state index is 6.18. The number of hydrogen-bond acceptors (Lipinski definition) is 3. The summed E-state index contributed by atoms with van der Waals surface area (Å²) < 4.78 is 6.93. The molecule has 1 unspecified atom stereocenters. The van der Waals surface area contributed by atoms with E-state index in [1.165, 1.54) is 0 Å². The number of rotatable bonds is 5. The van der Waals surface area contributed by atoms with Crippen molar-refractivity contribution in [2.75, 3.05) is 6.54 Å². The fourth-order valence-electron chi connectivity index (χ4n) is 1.85. The fraction of sp³-hybridized carbons (Fsp3) is 0.417. The van der Waals surface area contributed by atoms with E-state index in [4.69, 9.17) is 16.0 Å². The molecular weight excluding hydrogens is 238 g/mol. The fourth-order valence-corrected chi connectivity index (χ4v) is 2.12. The van der Waals surface area contributed by atoms with E-state index in [9.17, 15) is 0 Å². The average Bonchev–Trinajstić information content (AvgIpc) is 2.93.